The predicted molar refractivity (Wildman–Crippen MR) is 84.8 cm³/mol. The number of methoxy groups -OCH3 is 1. The number of unbranched alkanes of at least 4 members (excludes halogenated alkanes) is 1. The molecule has 0 unspecified atom stereocenters. The van der Waals surface area contributed by atoms with Gasteiger partial charge in [0.25, 0.3) is 0 Å². The number of hydrogen-bond acceptors (Lipinski definition) is 5. The molecule has 1 heterocycles. The van der Waals surface area contributed by atoms with Crippen LogP contribution in [0.25, 0.3) is 10.2 Å². The van der Waals surface area contributed by atoms with Crippen LogP contribution in [0, 0.1) is 6.92 Å². The SMILES string of the molecule is COCCOCCCCNc1nc2cc(C)ccc2s1. The summed E-state index contributed by atoms with van der Waals surface area (Å²) in [4.78, 5) is 4.59. The van der Waals surface area contributed by atoms with E-state index in [1.54, 1.807) is 18.4 Å². The van der Waals surface area contributed by atoms with E-state index in [4.69, 9.17) is 9.47 Å². The van der Waals surface area contributed by atoms with E-state index in [-0.39, 0.29) is 0 Å². The first-order chi connectivity index (χ1) is 9.79. The van der Waals surface area contributed by atoms with E-state index in [9.17, 15) is 0 Å². The van der Waals surface area contributed by atoms with E-state index in [2.05, 4.69) is 35.4 Å². The Kier molecular flexibility index (Phi) is 6.24. The minimum atomic E-state index is 0.670. The number of fused-ring (bicyclic) bond motifs is 1. The maximum Gasteiger partial charge on any atom is 0.183 e. The molecule has 4 nitrogen and oxygen atoms in total. The second-order valence-electron chi connectivity index (χ2n) is 4.73. The molecule has 0 fully saturated rings. The average molecular weight is 294 g/mol. The molecule has 5 heteroatoms. The lowest BCUT2D eigenvalue weighted by molar-refractivity contribution is 0.0691. The fourth-order valence-corrected chi connectivity index (χ4v) is 2.75. The van der Waals surface area contributed by atoms with Crippen molar-refractivity contribution in [1.82, 2.24) is 4.98 Å². The number of thiazole rings is 1. The van der Waals surface area contributed by atoms with E-state index in [0.29, 0.717) is 13.2 Å². The molecule has 1 aromatic carbocycles. The fourth-order valence-electron chi connectivity index (χ4n) is 1.88. The molecule has 1 N–H and O–H groups in total. The van der Waals surface area contributed by atoms with Crippen molar-refractivity contribution in [2.45, 2.75) is 19.8 Å². The van der Waals surface area contributed by atoms with Gasteiger partial charge in [-0.05, 0) is 37.5 Å². The second kappa shape index (κ2) is 8.19. The minimum Gasteiger partial charge on any atom is -0.382 e. The number of benzene rings is 1. The highest BCUT2D eigenvalue weighted by Gasteiger charge is 2.02. The molecular formula is C15H22N2O2S. The number of hydrogen-bond donors (Lipinski definition) is 1. The van der Waals surface area contributed by atoms with Gasteiger partial charge in [-0.25, -0.2) is 4.98 Å². The molecule has 20 heavy (non-hydrogen) atoms. The van der Waals surface area contributed by atoms with Crippen molar-refractivity contribution >= 4 is 26.7 Å². The molecular weight excluding hydrogens is 272 g/mol. The minimum absolute atomic E-state index is 0.670. The zero-order chi connectivity index (χ0) is 14.2. The van der Waals surface area contributed by atoms with Crippen molar-refractivity contribution < 1.29 is 9.47 Å². The maximum absolute atomic E-state index is 5.42. The lowest BCUT2D eigenvalue weighted by atomic mass is 10.2. The third-order valence-corrected chi connectivity index (χ3v) is 3.96. The van der Waals surface area contributed by atoms with Crippen LogP contribution in [0.4, 0.5) is 5.13 Å². The summed E-state index contributed by atoms with van der Waals surface area (Å²) in [6.07, 6.45) is 2.14. The number of aromatic nitrogens is 1. The Hall–Kier alpha value is -1.17. The molecule has 1 aromatic heterocycles. The van der Waals surface area contributed by atoms with Crippen LogP contribution in [0.3, 0.4) is 0 Å². The fraction of sp³-hybridized carbons (Fsp3) is 0.533. The van der Waals surface area contributed by atoms with E-state index < -0.39 is 0 Å². The van der Waals surface area contributed by atoms with E-state index >= 15 is 0 Å². The molecule has 0 spiro atoms. The Bertz CT molecular complexity index is 528. The van der Waals surface area contributed by atoms with Crippen LogP contribution < -0.4 is 5.32 Å². The first kappa shape index (κ1) is 15.2. The van der Waals surface area contributed by atoms with Crippen molar-refractivity contribution in [3.05, 3.63) is 23.8 Å². The van der Waals surface area contributed by atoms with Crippen LogP contribution in [0.2, 0.25) is 0 Å². The molecule has 0 amide bonds. The number of aryl methyl sites for hydroxylation is 1. The normalized spacial score (nSPS) is 11.1. The summed E-state index contributed by atoms with van der Waals surface area (Å²) < 4.78 is 11.6. The van der Waals surface area contributed by atoms with Crippen LogP contribution in [-0.2, 0) is 9.47 Å². The number of rotatable bonds is 9. The Balaban J connectivity index is 1.65. The number of nitrogens with zero attached hydrogens (tertiary/aromatic N) is 1. The van der Waals surface area contributed by atoms with Gasteiger partial charge in [-0.15, -0.1) is 0 Å². The van der Waals surface area contributed by atoms with Gasteiger partial charge >= 0.3 is 0 Å². The summed E-state index contributed by atoms with van der Waals surface area (Å²) in [5.74, 6) is 0. The van der Waals surface area contributed by atoms with Crippen LogP contribution in [0.1, 0.15) is 18.4 Å². The van der Waals surface area contributed by atoms with Crippen molar-refractivity contribution in [2.24, 2.45) is 0 Å². The number of nitrogens with one attached hydrogen (secondary N) is 1. The first-order valence-corrected chi connectivity index (χ1v) is 7.79. The Morgan fingerprint density at radius 2 is 2.10 bits per heavy atom. The second-order valence-corrected chi connectivity index (χ2v) is 5.76. The predicted octanol–water partition coefficient (Wildman–Crippen LogP) is 3.46. The van der Waals surface area contributed by atoms with Crippen molar-refractivity contribution in [3.63, 3.8) is 0 Å². The standard InChI is InChI=1S/C15H22N2O2S/c1-12-5-6-14-13(11-12)17-15(20-14)16-7-3-4-8-19-10-9-18-2/h5-6,11H,3-4,7-10H2,1-2H3,(H,16,17). The quantitative estimate of drug-likeness (QED) is 0.719. The third-order valence-electron chi connectivity index (χ3n) is 2.97. The smallest absolute Gasteiger partial charge is 0.183 e. The molecule has 2 aromatic rings. The molecule has 0 bridgehead atoms. The topological polar surface area (TPSA) is 43.4 Å². The van der Waals surface area contributed by atoms with Gasteiger partial charge < -0.3 is 14.8 Å². The van der Waals surface area contributed by atoms with E-state index in [1.807, 2.05) is 0 Å². The molecule has 0 radical (unpaired) electrons. The van der Waals surface area contributed by atoms with Gasteiger partial charge in [-0.3, -0.25) is 0 Å². The van der Waals surface area contributed by atoms with Gasteiger partial charge in [-0.2, -0.15) is 0 Å². The van der Waals surface area contributed by atoms with E-state index in [1.165, 1.54) is 10.3 Å². The molecule has 0 saturated heterocycles. The monoisotopic (exact) mass is 294 g/mol. The van der Waals surface area contributed by atoms with Gasteiger partial charge in [0, 0.05) is 20.3 Å². The van der Waals surface area contributed by atoms with Crippen LogP contribution in [-0.4, -0.2) is 38.5 Å². The van der Waals surface area contributed by atoms with Crippen molar-refractivity contribution in [1.29, 1.82) is 0 Å². The lowest BCUT2D eigenvalue weighted by Gasteiger charge is -2.04. The van der Waals surface area contributed by atoms with Gasteiger partial charge in [0.05, 0.1) is 23.4 Å². The Labute approximate surface area is 124 Å². The molecule has 0 aliphatic carbocycles. The van der Waals surface area contributed by atoms with Crippen molar-refractivity contribution in [2.75, 3.05) is 38.8 Å². The summed E-state index contributed by atoms with van der Waals surface area (Å²) >= 11 is 1.71. The molecule has 2 rings (SSSR count). The van der Waals surface area contributed by atoms with Crippen LogP contribution in [0.5, 0.6) is 0 Å². The van der Waals surface area contributed by atoms with Crippen LogP contribution in [0.15, 0.2) is 18.2 Å². The summed E-state index contributed by atoms with van der Waals surface area (Å²) in [5, 5.41) is 4.39. The zero-order valence-electron chi connectivity index (χ0n) is 12.1. The highest BCUT2D eigenvalue weighted by atomic mass is 32.1. The Morgan fingerprint density at radius 1 is 1.20 bits per heavy atom. The van der Waals surface area contributed by atoms with Crippen LogP contribution >= 0.6 is 11.3 Å². The van der Waals surface area contributed by atoms with Crippen molar-refractivity contribution in [3.8, 4) is 0 Å². The summed E-state index contributed by atoms with van der Waals surface area (Å²) in [6.45, 7) is 5.18. The lowest BCUT2D eigenvalue weighted by Crippen LogP contribution is -2.06. The third kappa shape index (κ3) is 4.74. The first-order valence-electron chi connectivity index (χ1n) is 6.97. The molecule has 0 saturated carbocycles. The summed E-state index contributed by atoms with van der Waals surface area (Å²) in [5.41, 5.74) is 2.34. The number of ether oxygens (including phenoxy) is 2. The molecule has 0 aliphatic rings. The largest absolute Gasteiger partial charge is 0.382 e. The van der Waals surface area contributed by atoms with Gasteiger partial charge in [0.1, 0.15) is 0 Å². The van der Waals surface area contributed by atoms with Gasteiger partial charge in [-0.1, -0.05) is 17.4 Å². The molecule has 110 valence electrons. The maximum atomic E-state index is 5.42. The van der Waals surface area contributed by atoms with Gasteiger partial charge in [0.2, 0.25) is 0 Å². The zero-order valence-corrected chi connectivity index (χ0v) is 13.0. The Morgan fingerprint density at radius 3 is 2.95 bits per heavy atom. The molecule has 0 aliphatic heterocycles. The molecule has 0 atom stereocenters. The van der Waals surface area contributed by atoms with Gasteiger partial charge in [0.15, 0.2) is 5.13 Å². The summed E-state index contributed by atoms with van der Waals surface area (Å²) in [6, 6.07) is 6.39. The highest BCUT2D eigenvalue weighted by Crippen LogP contribution is 2.26. The highest BCUT2D eigenvalue weighted by molar-refractivity contribution is 7.22. The van der Waals surface area contributed by atoms with E-state index in [0.717, 1.165) is 36.6 Å². The summed E-state index contributed by atoms with van der Waals surface area (Å²) in [7, 11) is 1.69. The average Bonchev–Trinajstić information content (AvgIpc) is 2.83. The number of anilines is 1.